The van der Waals surface area contributed by atoms with Crippen LogP contribution in [0.2, 0.25) is 0 Å². The average molecular weight is 351 g/mol. The summed E-state index contributed by atoms with van der Waals surface area (Å²) in [6, 6.07) is 15.7. The molecule has 0 aliphatic carbocycles. The SMILES string of the molecule is COc1ccccc1N/C=C(\C#N)c1nc(-c2ccc(F)cc2)cs1. The van der Waals surface area contributed by atoms with E-state index in [1.54, 1.807) is 25.4 Å². The van der Waals surface area contributed by atoms with Gasteiger partial charge < -0.3 is 10.1 Å². The van der Waals surface area contributed by atoms with Crippen LogP contribution in [0.25, 0.3) is 16.8 Å². The van der Waals surface area contributed by atoms with E-state index in [0.29, 0.717) is 22.0 Å². The molecule has 1 aromatic heterocycles. The van der Waals surface area contributed by atoms with Crippen molar-refractivity contribution < 1.29 is 9.13 Å². The number of hydrogen-bond donors (Lipinski definition) is 1. The Kier molecular flexibility index (Phi) is 5.07. The number of methoxy groups -OCH3 is 1. The monoisotopic (exact) mass is 351 g/mol. The van der Waals surface area contributed by atoms with Crippen molar-refractivity contribution in [3.8, 4) is 23.1 Å². The highest BCUT2D eigenvalue weighted by Crippen LogP contribution is 2.27. The van der Waals surface area contributed by atoms with Crippen molar-refractivity contribution in [2.24, 2.45) is 0 Å². The summed E-state index contributed by atoms with van der Waals surface area (Å²) in [5.41, 5.74) is 2.68. The third kappa shape index (κ3) is 3.84. The Bertz CT molecular complexity index is 942. The Morgan fingerprint density at radius 3 is 2.72 bits per heavy atom. The first-order valence-corrected chi connectivity index (χ1v) is 8.31. The molecule has 6 heteroatoms. The summed E-state index contributed by atoms with van der Waals surface area (Å²) >= 11 is 1.36. The molecule has 1 N–H and O–H groups in total. The van der Waals surface area contributed by atoms with Gasteiger partial charge in [0.2, 0.25) is 0 Å². The number of para-hydroxylation sites is 2. The number of aromatic nitrogens is 1. The molecule has 2 aromatic carbocycles. The summed E-state index contributed by atoms with van der Waals surface area (Å²) < 4.78 is 18.3. The first kappa shape index (κ1) is 16.7. The van der Waals surface area contributed by atoms with Gasteiger partial charge in [0.05, 0.1) is 18.5 Å². The predicted octanol–water partition coefficient (Wildman–Crippen LogP) is 4.93. The van der Waals surface area contributed by atoms with E-state index in [9.17, 15) is 9.65 Å². The Balaban J connectivity index is 1.84. The normalized spacial score (nSPS) is 11.0. The predicted molar refractivity (Wildman–Crippen MR) is 97.7 cm³/mol. The van der Waals surface area contributed by atoms with Crippen molar-refractivity contribution in [2.45, 2.75) is 0 Å². The van der Waals surface area contributed by atoms with Crippen molar-refractivity contribution in [3.05, 3.63) is 70.9 Å². The third-order valence-electron chi connectivity index (χ3n) is 3.47. The molecule has 0 unspecified atom stereocenters. The van der Waals surface area contributed by atoms with Crippen LogP contribution in [0.15, 0.2) is 60.1 Å². The van der Waals surface area contributed by atoms with Gasteiger partial charge in [-0.15, -0.1) is 11.3 Å². The number of nitriles is 1. The number of anilines is 1. The van der Waals surface area contributed by atoms with Gasteiger partial charge in [-0.2, -0.15) is 5.26 Å². The largest absolute Gasteiger partial charge is 0.495 e. The summed E-state index contributed by atoms with van der Waals surface area (Å²) in [6.07, 6.45) is 1.60. The summed E-state index contributed by atoms with van der Waals surface area (Å²) in [5.74, 6) is 0.389. The zero-order valence-electron chi connectivity index (χ0n) is 13.4. The van der Waals surface area contributed by atoms with Crippen LogP contribution < -0.4 is 10.1 Å². The molecule has 0 saturated carbocycles. The van der Waals surface area contributed by atoms with Crippen molar-refractivity contribution in [2.75, 3.05) is 12.4 Å². The number of benzene rings is 2. The van der Waals surface area contributed by atoms with E-state index >= 15 is 0 Å². The first-order chi connectivity index (χ1) is 12.2. The van der Waals surface area contributed by atoms with E-state index in [-0.39, 0.29) is 5.82 Å². The van der Waals surface area contributed by atoms with Crippen molar-refractivity contribution in [1.82, 2.24) is 4.98 Å². The van der Waals surface area contributed by atoms with Gasteiger partial charge >= 0.3 is 0 Å². The molecule has 1 heterocycles. The maximum atomic E-state index is 13.0. The lowest BCUT2D eigenvalue weighted by Crippen LogP contribution is -1.94. The van der Waals surface area contributed by atoms with Gasteiger partial charge in [0, 0.05) is 17.1 Å². The van der Waals surface area contributed by atoms with Crippen LogP contribution in [-0.4, -0.2) is 12.1 Å². The number of thiazole rings is 1. The quantitative estimate of drug-likeness (QED) is 0.662. The second-order valence-corrected chi connectivity index (χ2v) is 5.92. The highest BCUT2D eigenvalue weighted by Gasteiger charge is 2.09. The van der Waals surface area contributed by atoms with Crippen LogP contribution in [0.5, 0.6) is 5.75 Å². The Labute approximate surface area is 148 Å². The molecule has 3 aromatic rings. The van der Waals surface area contributed by atoms with Crippen LogP contribution in [0.1, 0.15) is 5.01 Å². The molecule has 0 amide bonds. The zero-order chi connectivity index (χ0) is 17.6. The molecule has 0 fully saturated rings. The highest BCUT2D eigenvalue weighted by molar-refractivity contribution is 7.11. The molecule has 0 saturated heterocycles. The van der Waals surface area contributed by atoms with E-state index < -0.39 is 0 Å². The van der Waals surface area contributed by atoms with Gasteiger partial charge in [0.15, 0.2) is 0 Å². The zero-order valence-corrected chi connectivity index (χ0v) is 14.2. The van der Waals surface area contributed by atoms with Crippen LogP contribution >= 0.6 is 11.3 Å². The van der Waals surface area contributed by atoms with Gasteiger partial charge in [0.1, 0.15) is 28.2 Å². The third-order valence-corrected chi connectivity index (χ3v) is 4.35. The summed E-state index contributed by atoms with van der Waals surface area (Å²) in [4.78, 5) is 4.47. The Morgan fingerprint density at radius 1 is 1.24 bits per heavy atom. The van der Waals surface area contributed by atoms with Crippen LogP contribution in [0, 0.1) is 17.1 Å². The van der Waals surface area contributed by atoms with E-state index in [2.05, 4.69) is 16.4 Å². The fraction of sp³-hybridized carbons (Fsp3) is 0.0526. The fourth-order valence-electron chi connectivity index (χ4n) is 2.21. The van der Waals surface area contributed by atoms with E-state index in [1.165, 1.54) is 23.5 Å². The van der Waals surface area contributed by atoms with Gasteiger partial charge in [0.25, 0.3) is 0 Å². The van der Waals surface area contributed by atoms with Crippen molar-refractivity contribution >= 4 is 22.6 Å². The maximum Gasteiger partial charge on any atom is 0.142 e. The minimum atomic E-state index is -0.294. The van der Waals surface area contributed by atoms with Crippen molar-refractivity contribution in [1.29, 1.82) is 5.26 Å². The summed E-state index contributed by atoms with van der Waals surface area (Å²) in [6.45, 7) is 0. The fourth-order valence-corrected chi connectivity index (χ4v) is 3.00. The molecule has 0 aliphatic heterocycles. The topological polar surface area (TPSA) is 57.9 Å². The number of allylic oxidation sites excluding steroid dienone is 1. The lowest BCUT2D eigenvalue weighted by Gasteiger charge is -2.07. The van der Waals surface area contributed by atoms with Crippen LogP contribution in [-0.2, 0) is 0 Å². The van der Waals surface area contributed by atoms with E-state index in [1.807, 2.05) is 29.6 Å². The molecule has 3 rings (SSSR count). The molecule has 25 heavy (non-hydrogen) atoms. The molecular formula is C19H14FN3OS. The minimum Gasteiger partial charge on any atom is -0.495 e. The molecule has 0 aliphatic rings. The van der Waals surface area contributed by atoms with Gasteiger partial charge in [-0.3, -0.25) is 0 Å². The molecular weight excluding hydrogens is 337 g/mol. The minimum absolute atomic E-state index is 0.294. The summed E-state index contributed by atoms with van der Waals surface area (Å²) in [5, 5.41) is 14.9. The molecule has 4 nitrogen and oxygen atoms in total. The Hall–Kier alpha value is -3.17. The van der Waals surface area contributed by atoms with Crippen molar-refractivity contribution in [3.63, 3.8) is 0 Å². The molecule has 0 atom stereocenters. The number of rotatable bonds is 5. The average Bonchev–Trinajstić information content (AvgIpc) is 3.13. The smallest absolute Gasteiger partial charge is 0.142 e. The van der Waals surface area contributed by atoms with Crippen LogP contribution in [0.4, 0.5) is 10.1 Å². The van der Waals surface area contributed by atoms with Gasteiger partial charge in [-0.05, 0) is 36.4 Å². The van der Waals surface area contributed by atoms with Gasteiger partial charge in [-0.25, -0.2) is 9.37 Å². The lowest BCUT2D eigenvalue weighted by atomic mass is 10.2. The highest BCUT2D eigenvalue weighted by atomic mass is 32.1. The number of nitrogens with one attached hydrogen (secondary N) is 1. The number of halogens is 1. The van der Waals surface area contributed by atoms with E-state index in [0.717, 1.165) is 11.3 Å². The first-order valence-electron chi connectivity index (χ1n) is 7.43. The number of ether oxygens (including phenoxy) is 1. The second-order valence-electron chi connectivity index (χ2n) is 5.06. The standard InChI is InChI=1S/C19H14FN3OS/c1-24-18-5-3-2-4-16(18)22-11-14(10-21)19-23-17(12-25-19)13-6-8-15(20)9-7-13/h2-9,11-12,22H,1H3/b14-11+. The Morgan fingerprint density at radius 2 is 2.00 bits per heavy atom. The molecule has 124 valence electrons. The number of hydrogen-bond acceptors (Lipinski definition) is 5. The molecule has 0 bridgehead atoms. The lowest BCUT2D eigenvalue weighted by molar-refractivity contribution is 0.417. The molecule has 0 radical (unpaired) electrons. The summed E-state index contributed by atoms with van der Waals surface area (Å²) in [7, 11) is 1.59. The van der Waals surface area contributed by atoms with Crippen LogP contribution in [0.3, 0.4) is 0 Å². The number of nitrogens with zero attached hydrogens (tertiary/aromatic N) is 2. The van der Waals surface area contributed by atoms with E-state index in [4.69, 9.17) is 4.74 Å². The second kappa shape index (κ2) is 7.60. The maximum absolute atomic E-state index is 13.0. The van der Waals surface area contributed by atoms with Gasteiger partial charge in [-0.1, -0.05) is 12.1 Å². The molecule has 0 spiro atoms.